The van der Waals surface area contributed by atoms with E-state index >= 15 is 0 Å². The van der Waals surface area contributed by atoms with E-state index in [4.69, 9.17) is 14.9 Å². The van der Waals surface area contributed by atoms with E-state index in [-0.39, 0.29) is 11.8 Å². The van der Waals surface area contributed by atoms with E-state index in [0.29, 0.717) is 31.0 Å². The van der Waals surface area contributed by atoms with Crippen molar-refractivity contribution in [2.75, 3.05) is 5.73 Å². The van der Waals surface area contributed by atoms with Crippen LogP contribution in [0, 0.1) is 5.82 Å². The van der Waals surface area contributed by atoms with Crippen molar-refractivity contribution in [1.29, 1.82) is 0 Å². The molecular formula is C19H19FN4O2. The topological polar surface area (TPSA) is 86.2 Å². The van der Waals surface area contributed by atoms with Gasteiger partial charge in [-0.3, -0.25) is 0 Å². The van der Waals surface area contributed by atoms with Crippen LogP contribution >= 0.6 is 0 Å². The molecule has 0 amide bonds. The third-order valence-corrected chi connectivity index (χ3v) is 4.42. The second kappa shape index (κ2) is 7.13. The first-order valence-electron chi connectivity index (χ1n) is 8.46. The van der Waals surface area contributed by atoms with Gasteiger partial charge in [-0.2, -0.15) is 0 Å². The van der Waals surface area contributed by atoms with Gasteiger partial charge in [0, 0.05) is 12.0 Å². The lowest BCUT2D eigenvalue weighted by atomic mass is 10.1. The van der Waals surface area contributed by atoms with E-state index < -0.39 is 0 Å². The van der Waals surface area contributed by atoms with Crippen LogP contribution in [0.2, 0.25) is 0 Å². The molecule has 3 N–H and O–H groups in total. The highest BCUT2D eigenvalue weighted by Crippen LogP contribution is 2.41. The highest BCUT2D eigenvalue weighted by atomic mass is 19.1. The van der Waals surface area contributed by atoms with E-state index in [1.54, 1.807) is 12.1 Å². The minimum absolute atomic E-state index is 0.0883. The lowest BCUT2D eigenvalue weighted by Gasteiger charge is -2.08. The number of benzene rings is 2. The zero-order chi connectivity index (χ0) is 17.9. The normalized spacial score (nSPS) is 18.7. The Labute approximate surface area is 150 Å². The summed E-state index contributed by atoms with van der Waals surface area (Å²) >= 11 is 0. The van der Waals surface area contributed by atoms with Crippen molar-refractivity contribution in [3.63, 3.8) is 0 Å². The van der Waals surface area contributed by atoms with Crippen LogP contribution in [0.25, 0.3) is 0 Å². The predicted octanol–water partition coefficient (Wildman–Crippen LogP) is 3.02. The van der Waals surface area contributed by atoms with Gasteiger partial charge in [-0.15, -0.1) is 5.10 Å². The first kappa shape index (κ1) is 16.5. The molecule has 6 nitrogen and oxygen atoms in total. The first-order valence-corrected chi connectivity index (χ1v) is 8.46. The Balaban J connectivity index is 1.26. The maximum atomic E-state index is 12.9. The van der Waals surface area contributed by atoms with Gasteiger partial charge in [0.25, 0.3) is 0 Å². The quantitative estimate of drug-likeness (QED) is 0.678. The fourth-order valence-corrected chi connectivity index (χ4v) is 2.90. The number of rotatable bonds is 7. The monoisotopic (exact) mass is 354 g/mol. The summed E-state index contributed by atoms with van der Waals surface area (Å²) in [4.78, 5) is 0. The molecule has 1 fully saturated rings. The molecular weight excluding hydrogens is 335 g/mol. The summed E-state index contributed by atoms with van der Waals surface area (Å²) < 4.78 is 23.8. The molecule has 1 saturated carbocycles. The molecule has 2 aromatic carbocycles. The van der Waals surface area contributed by atoms with Crippen LogP contribution in [0.5, 0.6) is 5.75 Å². The molecule has 0 aliphatic heterocycles. The average Bonchev–Trinajstić information content (AvgIpc) is 3.32. The van der Waals surface area contributed by atoms with Crippen LogP contribution < -0.4 is 15.8 Å². The Morgan fingerprint density at radius 3 is 2.58 bits per heavy atom. The average molecular weight is 354 g/mol. The van der Waals surface area contributed by atoms with Crippen molar-refractivity contribution in [1.82, 2.24) is 15.5 Å². The summed E-state index contributed by atoms with van der Waals surface area (Å²) in [6.45, 7) is 0.935. The van der Waals surface area contributed by atoms with Gasteiger partial charge in [-0.25, -0.2) is 4.39 Å². The number of ether oxygens (including phenoxy) is 1. The fraction of sp³-hybridized carbons (Fsp3) is 0.263. The van der Waals surface area contributed by atoms with Gasteiger partial charge < -0.3 is 20.2 Å². The minimum Gasteiger partial charge on any atom is -0.489 e. The zero-order valence-corrected chi connectivity index (χ0v) is 14.1. The molecule has 0 bridgehead atoms. The van der Waals surface area contributed by atoms with Crippen molar-refractivity contribution >= 4 is 6.01 Å². The minimum atomic E-state index is -0.242. The second-order valence-electron chi connectivity index (χ2n) is 6.35. The van der Waals surface area contributed by atoms with Crippen molar-refractivity contribution in [2.24, 2.45) is 0 Å². The van der Waals surface area contributed by atoms with E-state index in [1.807, 2.05) is 12.1 Å². The third kappa shape index (κ3) is 4.00. The Hall–Kier alpha value is -2.93. The van der Waals surface area contributed by atoms with Gasteiger partial charge in [0.2, 0.25) is 5.89 Å². The van der Waals surface area contributed by atoms with Crippen molar-refractivity contribution in [3.05, 3.63) is 71.4 Å². The van der Waals surface area contributed by atoms with Crippen LogP contribution in [0.1, 0.15) is 29.4 Å². The van der Waals surface area contributed by atoms with E-state index in [2.05, 4.69) is 27.6 Å². The van der Waals surface area contributed by atoms with Crippen LogP contribution in [-0.4, -0.2) is 16.2 Å². The van der Waals surface area contributed by atoms with Crippen molar-refractivity contribution in [3.8, 4) is 5.75 Å². The van der Waals surface area contributed by atoms with E-state index in [1.165, 1.54) is 17.7 Å². The van der Waals surface area contributed by atoms with Gasteiger partial charge in [-0.05, 0) is 41.8 Å². The predicted molar refractivity (Wildman–Crippen MR) is 93.9 cm³/mol. The molecule has 1 aromatic heterocycles. The number of anilines is 1. The van der Waals surface area contributed by atoms with Crippen molar-refractivity contribution in [2.45, 2.75) is 31.5 Å². The zero-order valence-electron chi connectivity index (χ0n) is 14.1. The Kier molecular flexibility index (Phi) is 4.53. The molecule has 3 aromatic rings. The van der Waals surface area contributed by atoms with Crippen LogP contribution in [0.15, 0.2) is 52.9 Å². The molecule has 4 rings (SSSR count). The Bertz CT molecular complexity index is 864. The maximum absolute atomic E-state index is 12.9. The number of nitrogens with zero attached hydrogens (tertiary/aromatic N) is 2. The van der Waals surface area contributed by atoms with Crippen molar-refractivity contribution < 1.29 is 13.5 Å². The lowest BCUT2D eigenvalue weighted by molar-refractivity contribution is 0.306. The molecule has 7 heteroatoms. The van der Waals surface area contributed by atoms with Gasteiger partial charge in [0.05, 0.1) is 6.54 Å². The fourth-order valence-electron chi connectivity index (χ4n) is 2.90. The van der Waals surface area contributed by atoms with Gasteiger partial charge in [0.15, 0.2) is 0 Å². The number of aromatic nitrogens is 2. The highest BCUT2D eigenvalue weighted by molar-refractivity contribution is 5.34. The molecule has 0 unspecified atom stereocenters. The molecule has 2 atom stereocenters. The number of nitrogen functional groups attached to an aromatic ring is 1. The molecule has 1 aliphatic rings. The molecule has 134 valence electrons. The second-order valence-corrected chi connectivity index (χ2v) is 6.35. The number of nitrogens with one attached hydrogen (secondary N) is 1. The lowest BCUT2D eigenvalue weighted by Crippen LogP contribution is -2.17. The van der Waals surface area contributed by atoms with E-state index in [9.17, 15) is 4.39 Å². The molecule has 0 spiro atoms. The summed E-state index contributed by atoms with van der Waals surface area (Å²) in [5.74, 6) is 1.52. The third-order valence-electron chi connectivity index (χ3n) is 4.42. The van der Waals surface area contributed by atoms with Crippen LogP contribution in [-0.2, 0) is 13.2 Å². The summed E-state index contributed by atoms with van der Waals surface area (Å²) in [7, 11) is 0. The maximum Gasteiger partial charge on any atom is 0.312 e. The van der Waals surface area contributed by atoms with Gasteiger partial charge in [0.1, 0.15) is 18.2 Å². The summed E-state index contributed by atoms with van der Waals surface area (Å²) in [5, 5.41) is 10.9. The standard InChI is InChI=1S/C19H19FN4O2/c20-14-5-1-12(2-6-14)11-25-15-7-3-13(4-8-15)16-9-17(16)22-10-18-23-24-19(21)26-18/h1-8,16-17,22H,9-11H2,(H2,21,24)/t16-,17+/m0/s1. The Morgan fingerprint density at radius 2 is 1.88 bits per heavy atom. The number of hydrogen-bond acceptors (Lipinski definition) is 6. The molecule has 0 saturated heterocycles. The largest absolute Gasteiger partial charge is 0.489 e. The number of nitrogens with two attached hydrogens (primary N) is 1. The molecule has 26 heavy (non-hydrogen) atoms. The Morgan fingerprint density at radius 1 is 1.12 bits per heavy atom. The van der Waals surface area contributed by atoms with Crippen LogP contribution in [0.4, 0.5) is 10.4 Å². The molecule has 1 heterocycles. The summed E-state index contributed by atoms with van der Waals surface area (Å²) in [5.41, 5.74) is 7.60. The summed E-state index contributed by atoms with van der Waals surface area (Å²) in [6.07, 6.45) is 1.07. The molecule has 1 aliphatic carbocycles. The summed E-state index contributed by atoms with van der Waals surface area (Å²) in [6, 6.07) is 14.9. The van der Waals surface area contributed by atoms with Crippen LogP contribution in [0.3, 0.4) is 0 Å². The van der Waals surface area contributed by atoms with Gasteiger partial charge >= 0.3 is 6.01 Å². The molecule has 0 radical (unpaired) electrons. The SMILES string of the molecule is Nc1nnc(CN[C@@H]2C[C@H]2c2ccc(OCc3ccc(F)cc3)cc2)o1. The smallest absolute Gasteiger partial charge is 0.312 e. The highest BCUT2D eigenvalue weighted by Gasteiger charge is 2.38. The number of halogens is 1. The first-order chi connectivity index (χ1) is 12.7. The van der Waals surface area contributed by atoms with Gasteiger partial charge in [-0.1, -0.05) is 29.4 Å². The van der Waals surface area contributed by atoms with E-state index in [0.717, 1.165) is 17.7 Å². The number of hydrogen-bond donors (Lipinski definition) is 2.